The Morgan fingerprint density at radius 3 is 2.88 bits per heavy atom. The third kappa shape index (κ3) is 2.55. The van der Waals surface area contributed by atoms with Crippen LogP contribution in [0, 0.1) is 0 Å². The number of nitrogens with one attached hydrogen (secondary N) is 1. The first-order valence-electron chi connectivity index (χ1n) is 5.80. The average molecular weight is 234 g/mol. The molecule has 2 aromatic rings. The zero-order valence-electron chi connectivity index (χ0n) is 10.4. The lowest BCUT2D eigenvalue weighted by Crippen LogP contribution is -2.21. The van der Waals surface area contributed by atoms with E-state index in [4.69, 9.17) is 4.42 Å². The van der Waals surface area contributed by atoms with Gasteiger partial charge in [-0.2, -0.15) is 5.10 Å². The SMILES string of the molecule is CNC(Cc1ncnn1C(C)C)c1ccoc1. The molecule has 92 valence electrons. The molecule has 2 aromatic heterocycles. The second-order valence-electron chi connectivity index (χ2n) is 4.32. The lowest BCUT2D eigenvalue weighted by molar-refractivity contribution is 0.475. The molecule has 2 heterocycles. The Labute approximate surface area is 101 Å². The summed E-state index contributed by atoms with van der Waals surface area (Å²) in [5, 5.41) is 7.51. The van der Waals surface area contributed by atoms with E-state index in [1.165, 1.54) is 0 Å². The monoisotopic (exact) mass is 234 g/mol. The molecule has 0 saturated heterocycles. The summed E-state index contributed by atoms with van der Waals surface area (Å²) in [6, 6.07) is 2.50. The molecule has 2 rings (SSSR count). The number of hydrogen-bond donors (Lipinski definition) is 1. The molecule has 0 radical (unpaired) electrons. The van der Waals surface area contributed by atoms with E-state index in [2.05, 4.69) is 29.2 Å². The first-order chi connectivity index (χ1) is 8.22. The van der Waals surface area contributed by atoms with Crippen LogP contribution in [0.1, 0.15) is 37.3 Å². The van der Waals surface area contributed by atoms with E-state index in [9.17, 15) is 0 Å². The highest BCUT2D eigenvalue weighted by Crippen LogP contribution is 2.18. The smallest absolute Gasteiger partial charge is 0.138 e. The van der Waals surface area contributed by atoms with Crippen LogP contribution in [0.4, 0.5) is 0 Å². The maximum Gasteiger partial charge on any atom is 0.138 e. The van der Waals surface area contributed by atoms with Gasteiger partial charge in [0.2, 0.25) is 0 Å². The summed E-state index contributed by atoms with van der Waals surface area (Å²) in [7, 11) is 1.94. The maximum absolute atomic E-state index is 5.11. The summed E-state index contributed by atoms with van der Waals surface area (Å²) in [6.45, 7) is 4.20. The lowest BCUT2D eigenvalue weighted by Gasteiger charge is -2.15. The largest absolute Gasteiger partial charge is 0.472 e. The summed E-state index contributed by atoms with van der Waals surface area (Å²) in [5.74, 6) is 0.987. The van der Waals surface area contributed by atoms with E-state index >= 15 is 0 Å². The molecule has 0 aliphatic carbocycles. The Bertz CT molecular complexity index is 447. The molecular formula is C12H18N4O. The molecule has 0 saturated carbocycles. The van der Waals surface area contributed by atoms with Crippen LogP contribution in [0.3, 0.4) is 0 Å². The van der Waals surface area contributed by atoms with Gasteiger partial charge in [0.05, 0.1) is 12.5 Å². The van der Waals surface area contributed by atoms with Crippen molar-refractivity contribution in [1.29, 1.82) is 0 Å². The van der Waals surface area contributed by atoms with Crippen molar-refractivity contribution in [2.24, 2.45) is 0 Å². The zero-order chi connectivity index (χ0) is 12.3. The van der Waals surface area contributed by atoms with Crippen LogP contribution < -0.4 is 5.32 Å². The first-order valence-corrected chi connectivity index (χ1v) is 5.80. The quantitative estimate of drug-likeness (QED) is 0.859. The minimum absolute atomic E-state index is 0.204. The van der Waals surface area contributed by atoms with Crippen LogP contribution in [-0.2, 0) is 6.42 Å². The molecule has 5 heteroatoms. The topological polar surface area (TPSA) is 55.9 Å². The second kappa shape index (κ2) is 5.14. The average Bonchev–Trinajstić information content (AvgIpc) is 2.96. The maximum atomic E-state index is 5.11. The first kappa shape index (κ1) is 11.9. The van der Waals surface area contributed by atoms with E-state index < -0.39 is 0 Å². The van der Waals surface area contributed by atoms with Gasteiger partial charge in [-0.15, -0.1) is 0 Å². The van der Waals surface area contributed by atoms with E-state index in [0.717, 1.165) is 17.8 Å². The number of likely N-dealkylation sites (N-methyl/N-ethyl adjacent to an activating group) is 1. The van der Waals surface area contributed by atoms with Crippen LogP contribution >= 0.6 is 0 Å². The molecule has 5 nitrogen and oxygen atoms in total. The van der Waals surface area contributed by atoms with Crippen LogP contribution in [0.2, 0.25) is 0 Å². The van der Waals surface area contributed by atoms with Gasteiger partial charge in [-0.3, -0.25) is 0 Å². The Balaban J connectivity index is 2.16. The molecule has 0 fully saturated rings. The normalized spacial score (nSPS) is 13.2. The molecule has 0 bridgehead atoms. The van der Waals surface area contributed by atoms with Crippen molar-refractivity contribution in [3.8, 4) is 0 Å². The lowest BCUT2D eigenvalue weighted by atomic mass is 10.1. The number of hydrogen-bond acceptors (Lipinski definition) is 4. The molecular weight excluding hydrogens is 216 g/mol. The van der Waals surface area contributed by atoms with Gasteiger partial charge in [0.1, 0.15) is 12.2 Å². The van der Waals surface area contributed by atoms with Crippen LogP contribution in [0.25, 0.3) is 0 Å². The second-order valence-corrected chi connectivity index (χ2v) is 4.32. The number of rotatable bonds is 5. The molecule has 17 heavy (non-hydrogen) atoms. The Hall–Kier alpha value is -1.62. The van der Waals surface area contributed by atoms with Gasteiger partial charge in [-0.05, 0) is 27.0 Å². The van der Waals surface area contributed by atoms with Gasteiger partial charge in [0.25, 0.3) is 0 Å². The van der Waals surface area contributed by atoms with Gasteiger partial charge in [-0.25, -0.2) is 9.67 Å². The van der Waals surface area contributed by atoms with Crippen LogP contribution in [0.15, 0.2) is 29.3 Å². The van der Waals surface area contributed by atoms with Crippen molar-refractivity contribution in [2.45, 2.75) is 32.4 Å². The predicted molar refractivity (Wildman–Crippen MR) is 64.6 cm³/mol. The van der Waals surface area contributed by atoms with E-state index in [0.29, 0.717) is 6.04 Å². The summed E-state index contributed by atoms with van der Waals surface area (Å²) in [6.07, 6.45) is 5.86. The standard InChI is InChI=1S/C12H18N4O/c1-9(2)16-12(14-8-15-16)6-11(13-3)10-4-5-17-7-10/h4-5,7-9,11,13H,6H2,1-3H3. The van der Waals surface area contributed by atoms with Crippen LogP contribution in [-0.4, -0.2) is 21.8 Å². The summed E-state index contributed by atoms with van der Waals surface area (Å²) in [4.78, 5) is 4.32. The minimum Gasteiger partial charge on any atom is -0.472 e. The number of furan rings is 1. The Kier molecular flexibility index (Phi) is 3.58. The number of aromatic nitrogens is 3. The molecule has 0 amide bonds. The fraction of sp³-hybridized carbons (Fsp3) is 0.500. The number of nitrogens with zero attached hydrogens (tertiary/aromatic N) is 3. The fourth-order valence-corrected chi connectivity index (χ4v) is 1.89. The molecule has 1 atom stereocenters. The van der Waals surface area contributed by atoms with Gasteiger partial charge in [0.15, 0.2) is 0 Å². The van der Waals surface area contributed by atoms with Gasteiger partial charge in [-0.1, -0.05) is 0 Å². The molecule has 1 unspecified atom stereocenters. The highest BCUT2D eigenvalue weighted by Gasteiger charge is 2.16. The summed E-state index contributed by atoms with van der Waals surface area (Å²) < 4.78 is 7.06. The van der Waals surface area contributed by atoms with E-state index in [1.54, 1.807) is 18.9 Å². The zero-order valence-corrected chi connectivity index (χ0v) is 10.4. The van der Waals surface area contributed by atoms with Crippen molar-refractivity contribution < 1.29 is 4.42 Å². The van der Waals surface area contributed by atoms with Crippen molar-refractivity contribution in [1.82, 2.24) is 20.1 Å². The third-order valence-electron chi connectivity index (χ3n) is 2.82. The van der Waals surface area contributed by atoms with Crippen molar-refractivity contribution in [3.63, 3.8) is 0 Å². The van der Waals surface area contributed by atoms with Gasteiger partial charge >= 0.3 is 0 Å². The fourth-order valence-electron chi connectivity index (χ4n) is 1.89. The third-order valence-corrected chi connectivity index (χ3v) is 2.82. The summed E-state index contributed by atoms with van der Waals surface area (Å²) in [5.41, 5.74) is 1.13. The minimum atomic E-state index is 0.204. The summed E-state index contributed by atoms with van der Waals surface area (Å²) >= 11 is 0. The Morgan fingerprint density at radius 2 is 2.29 bits per heavy atom. The highest BCUT2D eigenvalue weighted by atomic mass is 16.3. The molecule has 0 aliphatic heterocycles. The van der Waals surface area contributed by atoms with Crippen molar-refractivity contribution in [2.75, 3.05) is 7.05 Å². The highest BCUT2D eigenvalue weighted by molar-refractivity contribution is 5.13. The van der Waals surface area contributed by atoms with E-state index in [-0.39, 0.29) is 6.04 Å². The molecule has 1 N–H and O–H groups in total. The van der Waals surface area contributed by atoms with Crippen molar-refractivity contribution in [3.05, 3.63) is 36.3 Å². The van der Waals surface area contributed by atoms with Gasteiger partial charge < -0.3 is 9.73 Å². The van der Waals surface area contributed by atoms with E-state index in [1.807, 2.05) is 17.8 Å². The van der Waals surface area contributed by atoms with Crippen LogP contribution in [0.5, 0.6) is 0 Å². The Morgan fingerprint density at radius 1 is 1.47 bits per heavy atom. The predicted octanol–water partition coefficient (Wildman–Crippen LogP) is 1.96. The molecule has 0 aromatic carbocycles. The van der Waals surface area contributed by atoms with Gasteiger partial charge in [0, 0.05) is 24.1 Å². The van der Waals surface area contributed by atoms with Crippen molar-refractivity contribution >= 4 is 0 Å². The molecule has 0 spiro atoms. The molecule has 0 aliphatic rings.